The maximum atomic E-state index is 13.2. The molecule has 2 saturated heterocycles. The van der Waals surface area contributed by atoms with E-state index in [2.05, 4.69) is 4.90 Å². The summed E-state index contributed by atoms with van der Waals surface area (Å²) in [6.45, 7) is 5.77. The fourth-order valence-corrected chi connectivity index (χ4v) is 3.71. The van der Waals surface area contributed by atoms with E-state index in [-0.39, 0.29) is 11.7 Å². The van der Waals surface area contributed by atoms with Gasteiger partial charge in [0.25, 0.3) is 0 Å². The Balaban J connectivity index is 1.52. The average Bonchev–Trinajstić information content (AvgIpc) is 3.06. The van der Waals surface area contributed by atoms with Gasteiger partial charge in [0.1, 0.15) is 11.6 Å². The van der Waals surface area contributed by atoms with Gasteiger partial charge in [0.05, 0.1) is 13.2 Å². The van der Waals surface area contributed by atoms with E-state index in [1.807, 2.05) is 0 Å². The molecule has 0 aromatic heterocycles. The Morgan fingerprint density at radius 3 is 2.42 bits per heavy atom. The van der Waals surface area contributed by atoms with Crippen molar-refractivity contribution in [1.82, 2.24) is 4.90 Å². The molecule has 0 amide bonds. The fraction of sp³-hybridized carbons (Fsp3) is 0.632. The van der Waals surface area contributed by atoms with Crippen molar-refractivity contribution in [1.29, 1.82) is 0 Å². The number of nitrogens with zero attached hydrogens (tertiary/aromatic N) is 1. The maximum Gasteiger partial charge on any atom is 0.195 e. The number of ether oxygens (including phenoxy) is 2. The van der Waals surface area contributed by atoms with Crippen LogP contribution in [-0.2, 0) is 20.1 Å². The van der Waals surface area contributed by atoms with Crippen LogP contribution in [0.4, 0.5) is 4.39 Å². The first-order chi connectivity index (χ1) is 11.6. The standard InChI is InChI=1S/C19H26FNO3/c1-15(22)16-7-11-21(12-8-16)10-2-9-19(23-13-14-24-19)17-3-5-18(20)6-4-17/h3-6,16H,2,7-14H2,1H3. The van der Waals surface area contributed by atoms with Gasteiger partial charge in [0.15, 0.2) is 5.79 Å². The lowest BCUT2D eigenvalue weighted by Gasteiger charge is -2.32. The van der Waals surface area contributed by atoms with E-state index >= 15 is 0 Å². The second-order valence-corrected chi connectivity index (χ2v) is 6.79. The number of carbonyl (C=O) groups excluding carboxylic acids is 1. The summed E-state index contributed by atoms with van der Waals surface area (Å²) >= 11 is 0. The normalized spacial score (nSPS) is 21.9. The lowest BCUT2D eigenvalue weighted by atomic mass is 9.93. The Morgan fingerprint density at radius 2 is 1.83 bits per heavy atom. The van der Waals surface area contributed by atoms with E-state index in [1.54, 1.807) is 19.1 Å². The molecule has 2 heterocycles. The summed E-state index contributed by atoms with van der Waals surface area (Å²) in [4.78, 5) is 13.8. The minimum Gasteiger partial charge on any atom is -0.343 e. The van der Waals surface area contributed by atoms with E-state index < -0.39 is 5.79 Å². The first-order valence-corrected chi connectivity index (χ1v) is 8.86. The van der Waals surface area contributed by atoms with Gasteiger partial charge in [-0.05, 0) is 58.0 Å². The van der Waals surface area contributed by atoms with Gasteiger partial charge in [0, 0.05) is 17.9 Å². The van der Waals surface area contributed by atoms with Crippen LogP contribution in [0.15, 0.2) is 24.3 Å². The third kappa shape index (κ3) is 4.02. The van der Waals surface area contributed by atoms with E-state index in [0.717, 1.165) is 50.9 Å². The van der Waals surface area contributed by atoms with Crippen molar-refractivity contribution < 1.29 is 18.7 Å². The van der Waals surface area contributed by atoms with Gasteiger partial charge >= 0.3 is 0 Å². The molecule has 0 radical (unpaired) electrons. The van der Waals surface area contributed by atoms with Gasteiger partial charge in [-0.15, -0.1) is 0 Å². The smallest absolute Gasteiger partial charge is 0.195 e. The van der Waals surface area contributed by atoms with Gasteiger partial charge in [-0.3, -0.25) is 4.79 Å². The predicted molar refractivity (Wildman–Crippen MR) is 89.1 cm³/mol. The summed E-state index contributed by atoms with van der Waals surface area (Å²) in [5.41, 5.74) is 0.886. The number of hydrogen-bond donors (Lipinski definition) is 0. The van der Waals surface area contributed by atoms with Crippen LogP contribution in [0, 0.1) is 11.7 Å². The number of carbonyl (C=O) groups is 1. The Kier molecular flexibility index (Phi) is 5.64. The number of hydrogen-bond acceptors (Lipinski definition) is 4. The molecule has 132 valence electrons. The van der Waals surface area contributed by atoms with Crippen molar-refractivity contribution in [3.63, 3.8) is 0 Å². The summed E-state index contributed by atoms with van der Waals surface area (Å²) in [7, 11) is 0. The molecule has 0 N–H and O–H groups in total. The van der Waals surface area contributed by atoms with Crippen LogP contribution in [0.1, 0.15) is 38.2 Å². The molecule has 4 nitrogen and oxygen atoms in total. The van der Waals surface area contributed by atoms with Crippen LogP contribution in [-0.4, -0.2) is 43.5 Å². The quantitative estimate of drug-likeness (QED) is 0.801. The molecule has 1 aromatic carbocycles. The molecule has 1 aromatic rings. The zero-order valence-electron chi connectivity index (χ0n) is 14.3. The third-order valence-electron chi connectivity index (χ3n) is 5.18. The fourth-order valence-electron chi connectivity index (χ4n) is 3.71. The van der Waals surface area contributed by atoms with Gasteiger partial charge in [-0.1, -0.05) is 12.1 Å². The molecule has 5 heteroatoms. The van der Waals surface area contributed by atoms with Crippen molar-refractivity contribution >= 4 is 5.78 Å². The summed E-state index contributed by atoms with van der Waals surface area (Å²) < 4.78 is 25.0. The number of piperidine rings is 1. The minimum absolute atomic E-state index is 0.244. The summed E-state index contributed by atoms with van der Waals surface area (Å²) in [6.07, 6.45) is 3.63. The van der Waals surface area contributed by atoms with E-state index in [1.165, 1.54) is 12.1 Å². The number of ketones is 1. The minimum atomic E-state index is -0.731. The highest BCUT2D eigenvalue weighted by atomic mass is 19.1. The topological polar surface area (TPSA) is 38.8 Å². The molecule has 0 aliphatic carbocycles. The van der Waals surface area contributed by atoms with Crippen LogP contribution in [0.3, 0.4) is 0 Å². The molecule has 0 bridgehead atoms. The highest BCUT2D eigenvalue weighted by Gasteiger charge is 2.38. The molecular weight excluding hydrogens is 309 g/mol. The van der Waals surface area contributed by atoms with Gasteiger partial charge in [-0.2, -0.15) is 0 Å². The third-order valence-corrected chi connectivity index (χ3v) is 5.18. The number of benzene rings is 1. The van der Waals surface area contributed by atoms with Gasteiger partial charge < -0.3 is 14.4 Å². The monoisotopic (exact) mass is 335 g/mol. The number of halogens is 1. The number of likely N-dealkylation sites (tertiary alicyclic amines) is 1. The van der Waals surface area contributed by atoms with Crippen molar-refractivity contribution in [2.45, 2.75) is 38.4 Å². The summed E-state index contributed by atoms with van der Waals surface area (Å²) in [5, 5.41) is 0. The van der Waals surface area contributed by atoms with E-state index in [4.69, 9.17) is 9.47 Å². The maximum absolute atomic E-state index is 13.2. The van der Waals surface area contributed by atoms with Crippen LogP contribution in [0.2, 0.25) is 0 Å². The average molecular weight is 335 g/mol. The van der Waals surface area contributed by atoms with Crippen LogP contribution in [0.25, 0.3) is 0 Å². The molecule has 2 fully saturated rings. The first-order valence-electron chi connectivity index (χ1n) is 8.86. The highest BCUT2D eigenvalue weighted by Crippen LogP contribution is 2.36. The molecule has 24 heavy (non-hydrogen) atoms. The molecule has 0 spiro atoms. The largest absolute Gasteiger partial charge is 0.343 e. The van der Waals surface area contributed by atoms with Gasteiger partial charge in [-0.25, -0.2) is 4.39 Å². The molecule has 0 atom stereocenters. The second-order valence-electron chi connectivity index (χ2n) is 6.79. The SMILES string of the molecule is CC(=O)C1CCN(CCCC2(c3ccc(F)cc3)OCCO2)CC1. The number of rotatable bonds is 6. The molecule has 2 aliphatic heterocycles. The number of Topliss-reactive ketones (excluding diaryl/α,β-unsaturated/α-hetero) is 1. The van der Waals surface area contributed by atoms with E-state index in [9.17, 15) is 9.18 Å². The molecular formula is C19H26FNO3. The second kappa shape index (κ2) is 7.72. The zero-order chi connectivity index (χ0) is 17.0. The molecule has 0 unspecified atom stereocenters. The Bertz CT molecular complexity index is 546. The molecule has 3 rings (SSSR count). The Morgan fingerprint density at radius 1 is 1.21 bits per heavy atom. The Labute approximate surface area is 142 Å². The molecule has 2 aliphatic rings. The Hall–Kier alpha value is -1.30. The lowest BCUT2D eigenvalue weighted by molar-refractivity contribution is -0.172. The summed E-state index contributed by atoms with van der Waals surface area (Å²) in [5.74, 6) is -0.419. The highest BCUT2D eigenvalue weighted by molar-refractivity contribution is 5.78. The predicted octanol–water partition coefficient (Wildman–Crippen LogP) is 3.11. The van der Waals surface area contributed by atoms with Crippen LogP contribution < -0.4 is 0 Å². The van der Waals surface area contributed by atoms with E-state index in [0.29, 0.717) is 19.0 Å². The zero-order valence-corrected chi connectivity index (χ0v) is 14.3. The van der Waals surface area contributed by atoms with Gasteiger partial charge in [0.2, 0.25) is 0 Å². The first kappa shape index (κ1) is 17.5. The van der Waals surface area contributed by atoms with Crippen molar-refractivity contribution in [3.8, 4) is 0 Å². The van der Waals surface area contributed by atoms with Crippen molar-refractivity contribution in [2.24, 2.45) is 5.92 Å². The molecule has 0 saturated carbocycles. The summed E-state index contributed by atoms with van der Waals surface area (Å²) in [6, 6.07) is 6.40. The van der Waals surface area contributed by atoms with Crippen LogP contribution in [0.5, 0.6) is 0 Å². The van der Waals surface area contributed by atoms with Crippen molar-refractivity contribution in [3.05, 3.63) is 35.6 Å². The van der Waals surface area contributed by atoms with Crippen molar-refractivity contribution in [2.75, 3.05) is 32.8 Å². The van der Waals surface area contributed by atoms with Crippen LogP contribution >= 0.6 is 0 Å². The lowest BCUT2D eigenvalue weighted by Crippen LogP contribution is -2.37.